The van der Waals surface area contributed by atoms with Crippen LogP contribution in [-0.4, -0.2) is 17.6 Å². The summed E-state index contributed by atoms with van der Waals surface area (Å²) < 4.78 is 5.61. The van der Waals surface area contributed by atoms with Crippen LogP contribution in [0.1, 0.15) is 24.2 Å². The van der Waals surface area contributed by atoms with Gasteiger partial charge in [0.25, 0.3) is 0 Å². The zero-order valence-electron chi connectivity index (χ0n) is 12.0. The Kier molecular flexibility index (Phi) is 5.71. The predicted molar refractivity (Wildman–Crippen MR) is 88.7 cm³/mol. The van der Waals surface area contributed by atoms with Crippen molar-refractivity contribution in [3.05, 3.63) is 59.1 Å². The molecule has 110 valence electrons. The van der Waals surface area contributed by atoms with E-state index < -0.39 is 0 Å². The van der Waals surface area contributed by atoms with Crippen LogP contribution in [0.3, 0.4) is 0 Å². The number of halogens is 1. The van der Waals surface area contributed by atoms with Gasteiger partial charge in [-0.1, -0.05) is 29.8 Å². The van der Waals surface area contributed by atoms with Gasteiger partial charge in [0.15, 0.2) is 5.78 Å². The first kappa shape index (κ1) is 15.9. The number of benzene rings is 2. The largest absolute Gasteiger partial charge is 0.491 e. The molecular weight excluding hydrogens is 304 g/mol. The van der Waals surface area contributed by atoms with Crippen LogP contribution < -0.4 is 4.74 Å². The quantitative estimate of drug-likeness (QED) is 0.547. The molecule has 2 rings (SSSR count). The summed E-state index contributed by atoms with van der Waals surface area (Å²) in [5.41, 5.74) is 0.669. The minimum Gasteiger partial charge on any atom is -0.491 e. The molecule has 0 atom stereocenters. The number of thioether (sulfide) groups is 1. The van der Waals surface area contributed by atoms with Crippen molar-refractivity contribution in [1.82, 2.24) is 0 Å². The molecule has 0 heterocycles. The molecule has 0 bridgehead atoms. The van der Waals surface area contributed by atoms with E-state index in [1.165, 1.54) is 11.8 Å². The molecule has 0 N–H and O–H groups in total. The molecule has 2 nitrogen and oxygen atoms in total. The molecule has 0 aliphatic rings. The number of ether oxygens (including phenoxy) is 1. The first-order chi connectivity index (χ1) is 10.0. The standard InChI is InChI=1S/C17H17ClO2S/c1-12(2)20-15-7-3-5-13(9-15)17(19)11-21-16-8-4-6-14(18)10-16/h3-10,12H,11H2,1-2H3. The summed E-state index contributed by atoms with van der Waals surface area (Å²) in [6.45, 7) is 3.92. The van der Waals surface area contributed by atoms with Gasteiger partial charge in [-0.15, -0.1) is 11.8 Å². The van der Waals surface area contributed by atoms with E-state index in [0.29, 0.717) is 16.3 Å². The van der Waals surface area contributed by atoms with Crippen molar-refractivity contribution in [2.75, 3.05) is 5.75 Å². The zero-order chi connectivity index (χ0) is 15.2. The summed E-state index contributed by atoms with van der Waals surface area (Å²) in [7, 11) is 0. The Morgan fingerprint density at radius 2 is 1.95 bits per heavy atom. The number of hydrogen-bond acceptors (Lipinski definition) is 3. The number of ketones is 1. The van der Waals surface area contributed by atoms with E-state index in [1.807, 2.05) is 56.3 Å². The van der Waals surface area contributed by atoms with Crippen molar-refractivity contribution in [3.8, 4) is 5.75 Å². The van der Waals surface area contributed by atoms with Crippen molar-refractivity contribution in [3.63, 3.8) is 0 Å². The molecule has 0 saturated carbocycles. The van der Waals surface area contributed by atoms with Crippen LogP contribution in [0, 0.1) is 0 Å². The maximum atomic E-state index is 12.2. The minimum absolute atomic E-state index is 0.0779. The van der Waals surface area contributed by atoms with Crippen LogP contribution in [0.15, 0.2) is 53.4 Å². The molecule has 0 aromatic heterocycles. The van der Waals surface area contributed by atoms with Crippen LogP contribution in [0.25, 0.3) is 0 Å². The Bertz CT molecular complexity index is 626. The smallest absolute Gasteiger partial charge is 0.173 e. The molecule has 0 saturated heterocycles. The number of hydrogen-bond donors (Lipinski definition) is 0. The van der Waals surface area contributed by atoms with E-state index in [-0.39, 0.29) is 11.9 Å². The van der Waals surface area contributed by atoms with Crippen molar-refractivity contribution in [2.45, 2.75) is 24.8 Å². The summed E-state index contributed by atoms with van der Waals surface area (Å²) in [4.78, 5) is 13.2. The van der Waals surface area contributed by atoms with Crippen molar-refractivity contribution in [1.29, 1.82) is 0 Å². The van der Waals surface area contributed by atoms with Crippen molar-refractivity contribution in [2.24, 2.45) is 0 Å². The molecule has 2 aromatic carbocycles. The molecular formula is C17H17ClO2S. The van der Waals surface area contributed by atoms with Crippen LogP contribution >= 0.6 is 23.4 Å². The topological polar surface area (TPSA) is 26.3 Å². The third kappa shape index (κ3) is 5.10. The van der Waals surface area contributed by atoms with Gasteiger partial charge in [-0.3, -0.25) is 4.79 Å². The third-order valence-corrected chi connectivity index (χ3v) is 3.92. The molecule has 0 fully saturated rings. The molecule has 0 aliphatic carbocycles. The van der Waals surface area contributed by atoms with Gasteiger partial charge in [0.05, 0.1) is 11.9 Å². The van der Waals surface area contributed by atoms with Crippen LogP contribution in [0.5, 0.6) is 5.75 Å². The summed E-state index contributed by atoms with van der Waals surface area (Å²) in [6, 6.07) is 14.8. The summed E-state index contributed by atoms with van der Waals surface area (Å²) in [5, 5.41) is 0.680. The van der Waals surface area contributed by atoms with Gasteiger partial charge in [-0.25, -0.2) is 0 Å². The maximum absolute atomic E-state index is 12.2. The fourth-order valence-electron chi connectivity index (χ4n) is 1.80. The monoisotopic (exact) mass is 320 g/mol. The van der Waals surface area contributed by atoms with Gasteiger partial charge < -0.3 is 4.74 Å². The van der Waals surface area contributed by atoms with E-state index in [4.69, 9.17) is 16.3 Å². The molecule has 4 heteroatoms. The highest BCUT2D eigenvalue weighted by Gasteiger charge is 2.08. The minimum atomic E-state index is 0.0779. The molecule has 0 radical (unpaired) electrons. The Morgan fingerprint density at radius 3 is 2.67 bits per heavy atom. The van der Waals surface area contributed by atoms with Gasteiger partial charge in [0, 0.05) is 15.5 Å². The molecule has 21 heavy (non-hydrogen) atoms. The lowest BCUT2D eigenvalue weighted by atomic mass is 10.1. The summed E-state index contributed by atoms with van der Waals surface area (Å²) >= 11 is 7.41. The Morgan fingerprint density at radius 1 is 1.19 bits per heavy atom. The van der Waals surface area contributed by atoms with Gasteiger partial charge in [-0.2, -0.15) is 0 Å². The van der Waals surface area contributed by atoms with Gasteiger partial charge in [0.2, 0.25) is 0 Å². The fraction of sp³-hybridized carbons (Fsp3) is 0.235. The second kappa shape index (κ2) is 7.53. The third-order valence-electron chi connectivity index (χ3n) is 2.69. The number of carbonyl (C=O) groups is 1. The Hall–Kier alpha value is -1.45. The normalized spacial score (nSPS) is 10.7. The average molecular weight is 321 g/mol. The molecule has 0 aliphatic heterocycles. The van der Waals surface area contributed by atoms with Crippen molar-refractivity contribution < 1.29 is 9.53 Å². The van der Waals surface area contributed by atoms with E-state index in [1.54, 1.807) is 6.07 Å². The second-order valence-electron chi connectivity index (χ2n) is 4.86. The summed E-state index contributed by atoms with van der Waals surface area (Å²) in [6.07, 6.45) is 0.0937. The van der Waals surface area contributed by atoms with E-state index in [9.17, 15) is 4.79 Å². The zero-order valence-corrected chi connectivity index (χ0v) is 13.6. The van der Waals surface area contributed by atoms with E-state index in [0.717, 1.165) is 10.6 Å². The lowest BCUT2D eigenvalue weighted by molar-refractivity contribution is 0.102. The first-order valence-corrected chi connectivity index (χ1v) is 8.09. The van der Waals surface area contributed by atoms with Crippen LogP contribution in [0.2, 0.25) is 5.02 Å². The highest BCUT2D eigenvalue weighted by Crippen LogP contribution is 2.23. The van der Waals surface area contributed by atoms with Gasteiger partial charge in [-0.05, 0) is 44.2 Å². The van der Waals surface area contributed by atoms with Gasteiger partial charge in [0.1, 0.15) is 5.75 Å². The maximum Gasteiger partial charge on any atom is 0.173 e. The average Bonchev–Trinajstić information content (AvgIpc) is 2.44. The molecule has 2 aromatic rings. The lowest BCUT2D eigenvalue weighted by Gasteiger charge is -2.10. The van der Waals surface area contributed by atoms with E-state index >= 15 is 0 Å². The van der Waals surface area contributed by atoms with Gasteiger partial charge >= 0.3 is 0 Å². The molecule has 0 amide bonds. The van der Waals surface area contributed by atoms with Crippen molar-refractivity contribution >= 4 is 29.1 Å². The Labute approximate surface area is 134 Å². The molecule has 0 unspecified atom stereocenters. The number of carbonyl (C=O) groups excluding carboxylic acids is 1. The predicted octanol–water partition coefficient (Wildman–Crippen LogP) is 5.10. The van der Waals surface area contributed by atoms with E-state index in [2.05, 4.69) is 0 Å². The Balaban J connectivity index is 2.00. The lowest BCUT2D eigenvalue weighted by Crippen LogP contribution is -2.07. The highest BCUT2D eigenvalue weighted by molar-refractivity contribution is 8.00. The fourth-order valence-corrected chi connectivity index (χ4v) is 2.91. The first-order valence-electron chi connectivity index (χ1n) is 6.73. The SMILES string of the molecule is CC(C)Oc1cccc(C(=O)CSc2cccc(Cl)c2)c1. The molecule has 0 spiro atoms. The van der Waals surface area contributed by atoms with Crippen LogP contribution in [-0.2, 0) is 0 Å². The second-order valence-corrected chi connectivity index (χ2v) is 6.35. The number of rotatable bonds is 6. The number of Topliss-reactive ketones (excluding diaryl/α,β-unsaturated/α-hetero) is 1. The highest BCUT2D eigenvalue weighted by atomic mass is 35.5. The van der Waals surface area contributed by atoms with Crippen LogP contribution in [0.4, 0.5) is 0 Å². The summed E-state index contributed by atoms with van der Waals surface area (Å²) in [5.74, 6) is 1.18.